The third-order valence-corrected chi connectivity index (χ3v) is 7.31. The van der Waals surface area contributed by atoms with E-state index in [9.17, 15) is 0 Å². The van der Waals surface area contributed by atoms with E-state index < -0.39 is 0 Å². The van der Waals surface area contributed by atoms with Crippen molar-refractivity contribution in [2.24, 2.45) is 11.8 Å². The average Bonchev–Trinajstić information content (AvgIpc) is 3.67. The van der Waals surface area contributed by atoms with Crippen LogP contribution in [0.5, 0.6) is 11.5 Å². The maximum Gasteiger partial charge on any atom is 1.00 e. The van der Waals surface area contributed by atoms with E-state index in [0.717, 1.165) is 33.1 Å². The summed E-state index contributed by atoms with van der Waals surface area (Å²) in [6.07, 6.45) is 5.55. The van der Waals surface area contributed by atoms with Crippen molar-refractivity contribution in [2.75, 3.05) is 11.9 Å². The van der Waals surface area contributed by atoms with E-state index in [1.807, 2.05) is 18.2 Å². The van der Waals surface area contributed by atoms with Gasteiger partial charge in [0.15, 0.2) is 0 Å². The number of phenols is 1. The number of aromatic hydroxyl groups is 1. The second-order valence-corrected chi connectivity index (χ2v) is 9.89. The molecule has 2 aromatic carbocycles. The Morgan fingerprint density at radius 3 is 1.82 bits per heavy atom. The Bertz CT molecular complexity index is 820. The fourth-order valence-electron chi connectivity index (χ4n) is 1.82. The van der Waals surface area contributed by atoms with Crippen molar-refractivity contribution in [3.8, 4) is 11.5 Å². The third-order valence-electron chi connectivity index (χ3n) is 3.93. The molecule has 1 N–H and O–H groups in total. The van der Waals surface area contributed by atoms with Crippen molar-refractivity contribution in [2.45, 2.75) is 25.7 Å². The first-order chi connectivity index (χ1) is 14.8. The molecule has 12 heteroatoms. The Balaban J connectivity index is -0.000000403. The summed E-state index contributed by atoms with van der Waals surface area (Å²) in [4.78, 5) is 11.2. The zero-order valence-electron chi connectivity index (χ0n) is 19.4. The topological polar surface area (TPSA) is 78.8 Å². The number of carbonyl (C=O) groups excluding carboxylic acids is 1. The molecule has 0 bridgehead atoms. The minimum atomic E-state index is -0.181. The van der Waals surface area contributed by atoms with Crippen molar-refractivity contribution in [3.63, 3.8) is 0 Å². The van der Waals surface area contributed by atoms with Gasteiger partial charge >= 0.3 is 103 Å². The summed E-state index contributed by atoms with van der Waals surface area (Å²) >= 11 is 21.4. The van der Waals surface area contributed by atoms with Crippen LogP contribution in [-0.4, -0.2) is 23.5 Å². The molecule has 0 aliphatic heterocycles. The summed E-state index contributed by atoms with van der Waals surface area (Å²) in [6, 6.07) is 10.4. The van der Waals surface area contributed by atoms with Gasteiger partial charge in [0.25, 0.3) is 6.47 Å². The summed E-state index contributed by atoms with van der Waals surface area (Å²) in [7, 11) is 0. The van der Waals surface area contributed by atoms with Crippen LogP contribution < -0.4 is 113 Å². The van der Waals surface area contributed by atoms with Crippen LogP contribution in [0.1, 0.15) is 27.1 Å². The van der Waals surface area contributed by atoms with Gasteiger partial charge in [-0.25, -0.2) is 0 Å². The molecule has 0 amide bonds. The zero-order valence-corrected chi connectivity index (χ0v) is 30.9. The van der Waals surface area contributed by atoms with E-state index in [1.165, 1.54) is 37.1 Å². The van der Waals surface area contributed by atoms with Crippen LogP contribution in [0.4, 0.5) is 0 Å². The molecule has 4 rings (SSSR count). The quantitative estimate of drug-likeness (QED) is 0.163. The standard InChI is InChI=1S/C10H10BrClO.C6H4BrClO.C4H7Br.CH2O3.2K.H/c11-9-4-3-8(5-10(9)12)13-6-7-1-2-7;7-5-2-1-4(9)3-6(5)8;5-3-4-1-2-4;2-1-4-3;;;/h3-5,7H,1-2,6H2;1-3,9H;4H,1-3H2;1,3H;;;/q;;;;2*+1;-1/p-1. The number of benzene rings is 2. The van der Waals surface area contributed by atoms with Crippen molar-refractivity contribution >= 4 is 77.5 Å². The van der Waals surface area contributed by atoms with Crippen molar-refractivity contribution in [3.05, 3.63) is 55.4 Å². The molecule has 174 valence electrons. The Morgan fingerprint density at radius 1 is 1.00 bits per heavy atom. The van der Waals surface area contributed by atoms with Crippen LogP contribution in [0.2, 0.25) is 10.0 Å². The molecule has 0 unspecified atom stereocenters. The first-order valence-electron chi connectivity index (χ1n) is 9.30. The maximum atomic E-state index is 8.83. The molecule has 2 saturated carbocycles. The number of carbonyl (C=O) groups is 1. The van der Waals surface area contributed by atoms with Crippen LogP contribution in [0.25, 0.3) is 0 Å². The molecule has 0 heterocycles. The Morgan fingerprint density at radius 2 is 1.48 bits per heavy atom. The average molecular weight is 744 g/mol. The number of hydrogen-bond acceptors (Lipinski definition) is 5. The summed E-state index contributed by atoms with van der Waals surface area (Å²) in [6.45, 7) is 0.651. The van der Waals surface area contributed by atoms with Crippen molar-refractivity contribution in [1.29, 1.82) is 0 Å². The van der Waals surface area contributed by atoms with Gasteiger partial charge in [0.1, 0.15) is 11.5 Å². The van der Waals surface area contributed by atoms with E-state index >= 15 is 0 Å². The summed E-state index contributed by atoms with van der Waals surface area (Å²) in [5.74, 6) is 2.88. The van der Waals surface area contributed by atoms with Crippen LogP contribution in [0, 0.1) is 11.8 Å². The molecule has 5 nitrogen and oxygen atoms in total. The molecule has 33 heavy (non-hydrogen) atoms. The molecule has 2 fully saturated rings. The van der Waals surface area contributed by atoms with Gasteiger partial charge in [0.05, 0.1) is 16.7 Å². The molecular weight excluding hydrogens is 721 g/mol. The van der Waals surface area contributed by atoms with Gasteiger partial charge < -0.3 is 21.4 Å². The summed E-state index contributed by atoms with van der Waals surface area (Å²) in [5, 5.41) is 19.7. The molecule has 0 spiro atoms. The first-order valence-corrected chi connectivity index (χ1v) is 12.8. The van der Waals surface area contributed by atoms with Crippen LogP contribution in [0.15, 0.2) is 45.3 Å². The van der Waals surface area contributed by atoms with E-state index in [0.29, 0.717) is 10.0 Å². The molecular formula is C21H23Br3Cl2K2O5. The van der Waals surface area contributed by atoms with Gasteiger partial charge in [0, 0.05) is 14.3 Å². The molecule has 2 aliphatic rings. The van der Waals surface area contributed by atoms with E-state index in [-0.39, 0.29) is 116 Å². The van der Waals surface area contributed by atoms with Gasteiger partial charge in [-0.05, 0) is 106 Å². The maximum absolute atomic E-state index is 8.83. The predicted molar refractivity (Wildman–Crippen MR) is 133 cm³/mol. The van der Waals surface area contributed by atoms with Crippen LogP contribution in [0.3, 0.4) is 0 Å². The Hall–Kier alpha value is 2.76. The van der Waals surface area contributed by atoms with Gasteiger partial charge in [-0.3, -0.25) is 4.79 Å². The van der Waals surface area contributed by atoms with Gasteiger partial charge in [-0.2, -0.15) is 0 Å². The fraction of sp³-hybridized carbons (Fsp3) is 0.381. The van der Waals surface area contributed by atoms with Gasteiger partial charge in [-0.15, -0.1) is 0 Å². The second-order valence-electron chi connectivity index (χ2n) is 6.72. The van der Waals surface area contributed by atoms with Crippen molar-refractivity contribution < 1.29 is 129 Å². The number of phenolic OH excluding ortho intramolecular Hbond substituents is 1. The van der Waals surface area contributed by atoms with Gasteiger partial charge in [-0.1, -0.05) is 39.1 Å². The van der Waals surface area contributed by atoms with E-state index in [4.69, 9.17) is 43.1 Å². The number of halogens is 5. The molecule has 0 radical (unpaired) electrons. The normalized spacial score (nSPS) is 13.0. The third kappa shape index (κ3) is 20.4. The number of rotatable bonds is 5. The van der Waals surface area contributed by atoms with Crippen LogP contribution in [-0.2, 0) is 9.68 Å². The molecule has 0 atom stereocenters. The zero-order chi connectivity index (χ0) is 23.2. The number of alkyl halides is 1. The number of ether oxygens (including phenoxy) is 1. The molecule has 0 saturated heterocycles. The minimum absolute atomic E-state index is 0. The fourth-order valence-corrected chi connectivity index (χ4v) is 3.31. The molecule has 2 aromatic rings. The van der Waals surface area contributed by atoms with Gasteiger partial charge in [0.2, 0.25) is 0 Å². The largest absolute Gasteiger partial charge is 1.00 e. The smallest absolute Gasteiger partial charge is 1.00 e. The number of hydrogen-bond donors (Lipinski definition) is 1. The second kappa shape index (κ2) is 22.7. The summed E-state index contributed by atoms with van der Waals surface area (Å²) in [5.41, 5.74) is 0. The van der Waals surface area contributed by atoms with E-state index in [1.54, 1.807) is 12.1 Å². The molecule has 0 aromatic heterocycles. The summed E-state index contributed by atoms with van der Waals surface area (Å²) < 4.78 is 7.26. The molecule has 2 aliphatic carbocycles. The van der Waals surface area contributed by atoms with Crippen LogP contribution >= 0.6 is 71.0 Å². The van der Waals surface area contributed by atoms with E-state index in [2.05, 4.69) is 52.7 Å². The SMILES string of the molecule is BrCC1CC1.Clc1cc(OCC2CC2)ccc1Br.O=CO[O-].Oc1ccc(Br)c(Cl)c1.[H-].[K+].[K+]. The predicted octanol–water partition coefficient (Wildman–Crippen LogP) is 1.05. The Labute approximate surface area is 316 Å². The monoisotopic (exact) mass is 740 g/mol. The van der Waals surface area contributed by atoms with Crippen molar-refractivity contribution in [1.82, 2.24) is 0 Å². The minimum Gasteiger partial charge on any atom is -1.00 e. The Kier molecular flexibility index (Phi) is 26.1. The first kappa shape index (κ1) is 37.9.